The van der Waals surface area contributed by atoms with E-state index in [0.717, 1.165) is 49.7 Å². The molecule has 0 unspecified atom stereocenters. The molecule has 142 valence electrons. The number of nitrogens with zero attached hydrogens (tertiary/aromatic N) is 3. The maximum Gasteiger partial charge on any atom is 0.269 e. The van der Waals surface area contributed by atoms with Gasteiger partial charge in [0.2, 0.25) is 6.33 Å². The number of imidazole rings is 1. The third kappa shape index (κ3) is 2.98. The van der Waals surface area contributed by atoms with Gasteiger partial charge in [-0.15, -0.1) is 0 Å². The van der Waals surface area contributed by atoms with E-state index in [1.54, 1.807) is 24.3 Å². The highest BCUT2D eigenvalue weighted by Crippen LogP contribution is 2.40. The number of non-ortho nitro benzene ring substituents is 1. The fraction of sp³-hybridized carbons (Fsp3) is 0.286. The Kier molecular flexibility index (Phi) is 4.00. The van der Waals surface area contributed by atoms with Gasteiger partial charge in [-0.05, 0) is 23.8 Å². The Bertz CT molecular complexity index is 1020. The van der Waals surface area contributed by atoms with Gasteiger partial charge >= 0.3 is 0 Å². The van der Waals surface area contributed by atoms with E-state index in [0.29, 0.717) is 6.54 Å². The summed E-state index contributed by atoms with van der Waals surface area (Å²) in [5.41, 5.74) is 4.85. The molecule has 7 nitrogen and oxygen atoms in total. The largest absolute Gasteiger partial charge is 0.493 e. The molecule has 0 bridgehead atoms. The summed E-state index contributed by atoms with van der Waals surface area (Å²) < 4.78 is 15.9. The second-order valence-corrected chi connectivity index (χ2v) is 7.20. The third-order valence-corrected chi connectivity index (χ3v) is 5.36. The first-order valence-corrected chi connectivity index (χ1v) is 9.39. The lowest BCUT2D eigenvalue weighted by atomic mass is 9.99. The molecule has 0 saturated heterocycles. The topological polar surface area (TPSA) is 70.4 Å². The SMILES string of the molecule is O=[N+]([O-])c1ccc(C[n+]2ccn(Cc3c4c(cc5c3OCC5)OCC4)c2)cc1. The summed E-state index contributed by atoms with van der Waals surface area (Å²) in [7, 11) is 0. The molecule has 1 aromatic heterocycles. The van der Waals surface area contributed by atoms with Crippen molar-refractivity contribution in [1.82, 2.24) is 4.57 Å². The predicted octanol–water partition coefficient (Wildman–Crippen LogP) is 2.65. The molecule has 0 fully saturated rings. The lowest BCUT2D eigenvalue weighted by molar-refractivity contribution is -0.687. The van der Waals surface area contributed by atoms with Crippen LogP contribution < -0.4 is 14.0 Å². The smallest absolute Gasteiger partial charge is 0.269 e. The first kappa shape index (κ1) is 16.8. The summed E-state index contributed by atoms with van der Waals surface area (Å²) >= 11 is 0. The van der Waals surface area contributed by atoms with Crippen molar-refractivity contribution < 1.29 is 19.0 Å². The monoisotopic (exact) mass is 378 g/mol. The van der Waals surface area contributed by atoms with Gasteiger partial charge in [-0.25, -0.2) is 9.13 Å². The Balaban J connectivity index is 1.37. The van der Waals surface area contributed by atoms with Crippen LogP contribution in [0.1, 0.15) is 22.3 Å². The van der Waals surface area contributed by atoms with Crippen LogP contribution in [0.2, 0.25) is 0 Å². The van der Waals surface area contributed by atoms with Gasteiger partial charge in [0.25, 0.3) is 5.69 Å². The minimum Gasteiger partial charge on any atom is -0.493 e. The highest BCUT2D eigenvalue weighted by molar-refractivity contribution is 5.56. The van der Waals surface area contributed by atoms with Crippen molar-refractivity contribution in [2.45, 2.75) is 25.9 Å². The van der Waals surface area contributed by atoms with E-state index in [2.05, 4.69) is 21.5 Å². The van der Waals surface area contributed by atoms with Crippen molar-refractivity contribution in [2.75, 3.05) is 13.2 Å². The van der Waals surface area contributed by atoms with Crippen LogP contribution in [0.4, 0.5) is 5.69 Å². The first-order chi connectivity index (χ1) is 13.7. The average Bonchev–Trinajstić information content (AvgIpc) is 3.42. The van der Waals surface area contributed by atoms with Crippen LogP contribution >= 0.6 is 0 Å². The summed E-state index contributed by atoms with van der Waals surface area (Å²) in [6.45, 7) is 2.87. The van der Waals surface area contributed by atoms with Crippen molar-refractivity contribution in [2.24, 2.45) is 0 Å². The molecule has 0 spiro atoms. The molecule has 5 rings (SSSR count). The maximum absolute atomic E-state index is 10.8. The molecule has 2 aromatic carbocycles. The van der Waals surface area contributed by atoms with Crippen molar-refractivity contribution in [3.8, 4) is 11.5 Å². The van der Waals surface area contributed by atoms with Crippen LogP contribution in [0.5, 0.6) is 11.5 Å². The van der Waals surface area contributed by atoms with Crippen LogP contribution in [0, 0.1) is 10.1 Å². The van der Waals surface area contributed by atoms with Crippen LogP contribution in [-0.4, -0.2) is 22.7 Å². The zero-order valence-corrected chi connectivity index (χ0v) is 15.3. The second-order valence-electron chi connectivity index (χ2n) is 7.20. The van der Waals surface area contributed by atoms with Crippen molar-refractivity contribution in [3.63, 3.8) is 0 Å². The van der Waals surface area contributed by atoms with E-state index in [1.165, 1.54) is 16.7 Å². The molecule has 0 aliphatic carbocycles. The Labute approximate surface area is 161 Å². The Morgan fingerprint density at radius 2 is 1.96 bits per heavy atom. The number of nitro benzene ring substituents is 1. The van der Waals surface area contributed by atoms with Gasteiger partial charge in [0.15, 0.2) is 0 Å². The molecule has 2 aliphatic rings. The van der Waals surface area contributed by atoms with Gasteiger partial charge in [0.1, 0.15) is 37.0 Å². The molecule has 0 saturated carbocycles. The summed E-state index contributed by atoms with van der Waals surface area (Å²) in [5, 5.41) is 10.8. The second kappa shape index (κ2) is 6.67. The Morgan fingerprint density at radius 3 is 2.79 bits per heavy atom. The molecule has 0 N–H and O–H groups in total. The molecule has 28 heavy (non-hydrogen) atoms. The van der Waals surface area contributed by atoms with E-state index >= 15 is 0 Å². The quantitative estimate of drug-likeness (QED) is 0.389. The Morgan fingerprint density at radius 1 is 1.14 bits per heavy atom. The molecular formula is C21H20N3O4+. The lowest BCUT2D eigenvalue weighted by Crippen LogP contribution is -2.31. The zero-order valence-electron chi connectivity index (χ0n) is 15.3. The summed E-state index contributed by atoms with van der Waals surface area (Å²) in [6.07, 6.45) is 7.97. The molecule has 0 atom stereocenters. The molecule has 0 amide bonds. The third-order valence-electron chi connectivity index (χ3n) is 5.36. The van der Waals surface area contributed by atoms with Crippen LogP contribution in [0.25, 0.3) is 0 Å². The fourth-order valence-electron chi connectivity index (χ4n) is 3.99. The lowest BCUT2D eigenvalue weighted by Gasteiger charge is -2.11. The standard InChI is InChI=1S/C21H20N3O4/c25-24(26)17-3-1-15(2-4-17)12-22-7-8-23(14-22)13-19-18-6-10-27-20(18)11-16-5-9-28-21(16)19/h1-4,7-8,11,14H,5-6,9-10,12-13H2/q+1. The minimum absolute atomic E-state index is 0.111. The van der Waals surface area contributed by atoms with Gasteiger partial charge in [-0.3, -0.25) is 10.1 Å². The summed E-state index contributed by atoms with van der Waals surface area (Å²) in [6, 6.07) is 8.81. The number of benzene rings is 2. The number of ether oxygens (including phenoxy) is 2. The first-order valence-electron chi connectivity index (χ1n) is 9.39. The number of aromatic nitrogens is 2. The molecule has 2 aliphatic heterocycles. The van der Waals surface area contributed by atoms with E-state index in [1.807, 2.05) is 12.4 Å². The molecule has 0 radical (unpaired) electrons. The molecular weight excluding hydrogens is 358 g/mol. The predicted molar refractivity (Wildman–Crippen MR) is 101 cm³/mol. The highest BCUT2D eigenvalue weighted by atomic mass is 16.6. The summed E-state index contributed by atoms with van der Waals surface area (Å²) in [4.78, 5) is 10.4. The molecule has 7 heteroatoms. The molecule has 3 aromatic rings. The number of hydrogen-bond donors (Lipinski definition) is 0. The van der Waals surface area contributed by atoms with Gasteiger partial charge in [-0.2, -0.15) is 0 Å². The van der Waals surface area contributed by atoms with Gasteiger partial charge in [0.05, 0.1) is 18.1 Å². The van der Waals surface area contributed by atoms with Gasteiger partial charge in [0, 0.05) is 41.7 Å². The van der Waals surface area contributed by atoms with E-state index in [-0.39, 0.29) is 10.6 Å². The fourth-order valence-corrected chi connectivity index (χ4v) is 3.99. The number of fused-ring (bicyclic) bond motifs is 2. The highest BCUT2D eigenvalue weighted by Gasteiger charge is 2.27. The van der Waals surface area contributed by atoms with Crippen molar-refractivity contribution in [3.05, 3.63) is 81.4 Å². The normalized spacial score (nSPS) is 14.3. The van der Waals surface area contributed by atoms with Crippen LogP contribution in [0.15, 0.2) is 49.1 Å². The van der Waals surface area contributed by atoms with Crippen molar-refractivity contribution in [1.29, 1.82) is 0 Å². The Hall–Kier alpha value is -3.35. The number of nitro groups is 1. The van der Waals surface area contributed by atoms with Crippen LogP contribution in [0.3, 0.4) is 0 Å². The molecule has 3 heterocycles. The summed E-state index contributed by atoms with van der Waals surface area (Å²) in [5.74, 6) is 2.03. The number of hydrogen-bond acceptors (Lipinski definition) is 4. The van der Waals surface area contributed by atoms with Gasteiger partial charge < -0.3 is 9.47 Å². The van der Waals surface area contributed by atoms with E-state index < -0.39 is 0 Å². The van der Waals surface area contributed by atoms with Crippen LogP contribution in [-0.2, 0) is 25.9 Å². The maximum atomic E-state index is 10.8. The van der Waals surface area contributed by atoms with E-state index in [4.69, 9.17) is 9.47 Å². The minimum atomic E-state index is -0.379. The van der Waals surface area contributed by atoms with Gasteiger partial charge in [-0.1, -0.05) is 0 Å². The van der Waals surface area contributed by atoms with E-state index in [9.17, 15) is 10.1 Å². The van der Waals surface area contributed by atoms with Crippen molar-refractivity contribution >= 4 is 5.69 Å². The number of rotatable bonds is 5. The average molecular weight is 378 g/mol. The zero-order chi connectivity index (χ0) is 19.1.